The van der Waals surface area contributed by atoms with Gasteiger partial charge in [-0.15, -0.1) is 0 Å². The summed E-state index contributed by atoms with van der Waals surface area (Å²) >= 11 is 6.23. The SMILES string of the molecule is Cc1ccc(CNc2nc(NCC(CF)NC(=O)OC(C)(C)C)nc3c2cnn3C)cc1Cl. The Morgan fingerprint density at radius 1 is 1.27 bits per heavy atom. The van der Waals surface area contributed by atoms with Gasteiger partial charge in [-0.05, 0) is 44.9 Å². The lowest BCUT2D eigenvalue weighted by Gasteiger charge is -2.22. The van der Waals surface area contributed by atoms with E-state index in [-0.39, 0.29) is 12.5 Å². The minimum atomic E-state index is -0.809. The second-order valence-corrected chi connectivity index (χ2v) is 9.12. The number of halogens is 2. The molecule has 33 heavy (non-hydrogen) atoms. The second-order valence-electron chi connectivity index (χ2n) is 8.72. The quantitative estimate of drug-likeness (QED) is 0.446. The van der Waals surface area contributed by atoms with Gasteiger partial charge in [-0.1, -0.05) is 23.7 Å². The van der Waals surface area contributed by atoms with Gasteiger partial charge in [-0.25, -0.2) is 9.18 Å². The van der Waals surface area contributed by atoms with Crippen LogP contribution in [0.15, 0.2) is 24.4 Å². The molecular formula is C22H29ClFN7O2. The Labute approximate surface area is 197 Å². The third kappa shape index (κ3) is 6.67. The number of nitrogens with one attached hydrogen (secondary N) is 3. The van der Waals surface area contributed by atoms with E-state index in [2.05, 4.69) is 31.0 Å². The van der Waals surface area contributed by atoms with Crippen LogP contribution < -0.4 is 16.0 Å². The van der Waals surface area contributed by atoms with Crippen molar-refractivity contribution < 1.29 is 13.9 Å². The Morgan fingerprint density at radius 3 is 2.70 bits per heavy atom. The van der Waals surface area contributed by atoms with Crippen molar-refractivity contribution in [2.45, 2.75) is 45.9 Å². The third-order valence-electron chi connectivity index (χ3n) is 4.70. The van der Waals surface area contributed by atoms with Crippen molar-refractivity contribution in [1.29, 1.82) is 0 Å². The molecule has 2 heterocycles. The number of aromatic nitrogens is 4. The molecule has 3 rings (SSSR count). The fourth-order valence-corrected chi connectivity index (χ4v) is 3.20. The molecular weight excluding hydrogens is 449 g/mol. The fourth-order valence-electron chi connectivity index (χ4n) is 3.00. The Hall–Kier alpha value is -3.14. The van der Waals surface area contributed by atoms with Crippen molar-refractivity contribution in [2.24, 2.45) is 7.05 Å². The number of alkyl halides is 1. The largest absolute Gasteiger partial charge is 0.444 e. The number of carbonyl (C=O) groups excluding carboxylic acids is 1. The molecule has 0 saturated heterocycles. The lowest BCUT2D eigenvalue weighted by Crippen LogP contribution is -2.44. The molecule has 0 fully saturated rings. The maximum atomic E-state index is 13.5. The van der Waals surface area contributed by atoms with Gasteiger partial charge >= 0.3 is 6.09 Å². The number of aryl methyl sites for hydroxylation is 2. The summed E-state index contributed by atoms with van der Waals surface area (Å²) in [6, 6.07) is 5.04. The molecule has 0 bridgehead atoms. The molecule has 0 aliphatic carbocycles. The summed E-state index contributed by atoms with van der Waals surface area (Å²) in [5.74, 6) is 0.851. The van der Waals surface area contributed by atoms with Crippen LogP contribution in [0.25, 0.3) is 11.0 Å². The maximum Gasteiger partial charge on any atom is 0.408 e. The van der Waals surface area contributed by atoms with Crippen LogP contribution in [0.3, 0.4) is 0 Å². The van der Waals surface area contributed by atoms with Crippen molar-refractivity contribution in [3.8, 4) is 0 Å². The summed E-state index contributed by atoms with van der Waals surface area (Å²) in [5, 5.41) is 14.5. The number of nitrogens with zero attached hydrogens (tertiary/aromatic N) is 4. The van der Waals surface area contributed by atoms with Crippen LogP contribution in [0.1, 0.15) is 31.9 Å². The molecule has 1 amide bonds. The summed E-state index contributed by atoms with van der Waals surface area (Å²) in [4.78, 5) is 21.0. The smallest absolute Gasteiger partial charge is 0.408 e. The molecule has 178 valence electrons. The lowest BCUT2D eigenvalue weighted by atomic mass is 10.1. The topological polar surface area (TPSA) is 106 Å². The van der Waals surface area contributed by atoms with Gasteiger partial charge in [0.1, 0.15) is 18.1 Å². The molecule has 0 spiro atoms. The van der Waals surface area contributed by atoms with E-state index >= 15 is 0 Å². The maximum absolute atomic E-state index is 13.5. The Bertz CT molecular complexity index is 1130. The molecule has 3 aromatic rings. The summed E-state index contributed by atoms with van der Waals surface area (Å²) < 4.78 is 20.3. The van der Waals surface area contributed by atoms with Gasteiger partial charge in [-0.3, -0.25) is 4.68 Å². The highest BCUT2D eigenvalue weighted by molar-refractivity contribution is 6.31. The molecule has 2 aromatic heterocycles. The predicted octanol–water partition coefficient (Wildman–Crippen LogP) is 4.21. The van der Waals surface area contributed by atoms with Crippen LogP contribution in [0.2, 0.25) is 5.02 Å². The lowest BCUT2D eigenvalue weighted by molar-refractivity contribution is 0.0499. The van der Waals surface area contributed by atoms with Gasteiger partial charge in [0.05, 0.1) is 17.6 Å². The number of hydrogen-bond donors (Lipinski definition) is 3. The van der Waals surface area contributed by atoms with Gasteiger partial charge in [0.15, 0.2) is 5.65 Å². The van der Waals surface area contributed by atoms with Gasteiger partial charge in [0.25, 0.3) is 0 Å². The molecule has 0 saturated carbocycles. The average molecular weight is 478 g/mol. The summed E-state index contributed by atoms with van der Waals surface area (Å²) in [7, 11) is 1.77. The minimum Gasteiger partial charge on any atom is -0.444 e. The standard InChI is InChI=1S/C22H29ClFN7O2/c1-13-6-7-14(8-17(13)23)10-25-18-16-12-27-31(5)19(16)30-20(29-18)26-11-15(9-24)28-21(32)33-22(2,3)4/h6-8,12,15H,9-11H2,1-5H3,(H,28,32)(H2,25,26,29,30). The van der Waals surface area contributed by atoms with E-state index in [1.54, 1.807) is 38.7 Å². The van der Waals surface area contributed by atoms with Crippen molar-refractivity contribution in [3.05, 3.63) is 40.5 Å². The van der Waals surface area contributed by atoms with Crippen LogP contribution in [0.5, 0.6) is 0 Å². The molecule has 1 aromatic carbocycles. The highest BCUT2D eigenvalue weighted by Gasteiger charge is 2.20. The normalized spacial score (nSPS) is 12.5. The minimum absolute atomic E-state index is 0.0755. The van der Waals surface area contributed by atoms with E-state index in [0.717, 1.165) is 16.5 Å². The van der Waals surface area contributed by atoms with Gasteiger partial charge < -0.3 is 20.7 Å². The zero-order valence-corrected chi connectivity index (χ0v) is 20.1. The molecule has 1 unspecified atom stereocenters. The third-order valence-corrected chi connectivity index (χ3v) is 5.11. The van der Waals surface area contributed by atoms with Gasteiger partial charge in [-0.2, -0.15) is 15.1 Å². The molecule has 11 heteroatoms. The Balaban J connectivity index is 1.73. The second kappa shape index (κ2) is 10.2. The molecule has 3 N–H and O–H groups in total. The number of carbonyl (C=O) groups is 1. The van der Waals surface area contributed by atoms with Crippen molar-refractivity contribution in [1.82, 2.24) is 25.1 Å². The van der Waals surface area contributed by atoms with E-state index in [1.807, 2.05) is 25.1 Å². The first-order valence-electron chi connectivity index (χ1n) is 10.5. The number of amides is 1. The Morgan fingerprint density at radius 2 is 2.03 bits per heavy atom. The van der Waals surface area contributed by atoms with E-state index in [9.17, 15) is 9.18 Å². The number of fused-ring (bicyclic) bond motifs is 1. The van der Waals surface area contributed by atoms with Crippen LogP contribution in [0, 0.1) is 6.92 Å². The van der Waals surface area contributed by atoms with E-state index in [4.69, 9.17) is 16.3 Å². The molecule has 0 aliphatic heterocycles. The highest BCUT2D eigenvalue weighted by Crippen LogP contribution is 2.23. The van der Waals surface area contributed by atoms with E-state index < -0.39 is 24.4 Å². The first kappa shape index (κ1) is 24.5. The average Bonchev–Trinajstić information content (AvgIpc) is 3.11. The van der Waals surface area contributed by atoms with Crippen molar-refractivity contribution in [3.63, 3.8) is 0 Å². The summed E-state index contributed by atoms with van der Waals surface area (Å²) in [5.41, 5.74) is 1.93. The van der Waals surface area contributed by atoms with Gasteiger partial charge in [0.2, 0.25) is 5.95 Å². The van der Waals surface area contributed by atoms with Crippen molar-refractivity contribution in [2.75, 3.05) is 23.9 Å². The summed E-state index contributed by atoms with van der Waals surface area (Å²) in [6.07, 6.45) is 0.993. The number of anilines is 2. The number of hydrogen-bond acceptors (Lipinski definition) is 7. The van der Waals surface area contributed by atoms with Gasteiger partial charge in [0, 0.05) is 25.2 Å². The zero-order valence-electron chi connectivity index (χ0n) is 19.4. The molecule has 0 aliphatic rings. The van der Waals surface area contributed by atoms with Crippen LogP contribution in [-0.4, -0.2) is 50.7 Å². The molecule has 0 radical (unpaired) electrons. The monoisotopic (exact) mass is 477 g/mol. The predicted molar refractivity (Wildman–Crippen MR) is 127 cm³/mol. The first-order chi connectivity index (χ1) is 15.6. The molecule has 9 nitrogen and oxygen atoms in total. The summed E-state index contributed by atoms with van der Waals surface area (Å²) in [6.45, 7) is 6.96. The fraction of sp³-hybridized carbons (Fsp3) is 0.455. The number of alkyl carbamates (subject to hydrolysis) is 1. The van der Waals surface area contributed by atoms with Crippen LogP contribution in [0.4, 0.5) is 21.0 Å². The zero-order chi connectivity index (χ0) is 24.2. The first-order valence-corrected chi connectivity index (χ1v) is 10.9. The Kier molecular flexibility index (Phi) is 7.57. The molecule has 1 atom stereocenters. The van der Waals surface area contributed by atoms with E-state index in [0.29, 0.717) is 23.0 Å². The number of benzene rings is 1. The van der Waals surface area contributed by atoms with Crippen LogP contribution >= 0.6 is 11.6 Å². The number of rotatable bonds is 8. The highest BCUT2D eigenvalue weighted by atomic mass is 35.5. The van der Waals surface area contributed by atoms with E-state index in [1.165, 1.54) is 0 Å². The number of ether oxygens (including phenoxy) is 1. The van der Waals surface area contributed by atoms with Crippen LogP contribution in [-0.2, 0) is 18.3 Å². The van der Waals surface area contributed by atoms with Crippen molar-refractivity contribution >= 4 is 40.5 Å².